The van der Waals surface area contributed by atoms with Crippen LogP contribution in [0.1, 0.15) is 21.1 Å². The lowest BCUT2D eigenvalue weighted by molar-refractivity contribution is -0.131. The Hall–Kier alpha value is -1.71. The molecule has 0 spiro atoms. The second-order valence-corrected chi connectivity index (χ2v) is 7.43. The number of hydrogen-bond acceptors (Lipinski definition) is 6. The minimum atomic E-state index is -0.314. The zero-order chi connectivity index (χ0) is 19.1. The normalized spacial score (nSPS) is 13.9. The number of nitrogens with two attached hydrogens (primary N) is 1. The lowest BCUT2D eigenvalue weighted by Crippen LogP contribution is -2.50. The average Bonchev–Trinajstić information content (AvgIpc) is 3.16. The van der Waals surface area contributed by atoms with Gasteiger partial charge in [-0.15, -0.1) is 36.2 Å². The van der Waals surface area contributed by atoms with E-state index < -0.39 is 0 Å². The van der Waals surface area contributed by atoms with Gasteiger partial charge in [0.05, 0.1) is 11.6 Å². The van der Waals surface area contributed by atoms with Crippen LogP contribution in [0.3, 0.4) is 0 Å². The summed E-state index contributed by atoms with van der Waals surface area (Å²) in [6, 6.07) is 10.3. The van der Waals surface area contributed by atoms with E-state index >= 15 is 0 Å². The number of carbonyl (C=O) groups excluding carboxylic acids is 2. The molecule has 1 aliphatic heterocycles. The molecule has 0 aliphatic carbocycles. The highest BCUT2D eigenvalue weighted by atomic mass is 35.5. The second-order valence-electron chi connectivity index (χ2n) is 6.49. The van der Waals surface area contributed by atoms with Crippen LogP contribution in [0, 0.1) is 0 Å². The Labute approximate surface area is 187 Å². The molecular formula is C19H27Cl2N5O2S. The van der Waals surface area contributed by atoms with Crippen LogP contribution in [-0.4, -0.2) is 65.9 Å². The van der Waals surface area contributed by atoms with Gasteiger partial charge < -0.3 is 16.0 Å². The molecule has 2 amide bonds. The van der Waals surface area contributed by atoms with Crippen molar-refractivity contribution in [1.29, 1.82) is 0 Å². The highest BCUT2D eigenvalue weighted by Crippen LogP contribution is 2.10. The fourth-order valence-corrected chi connectivity index (χ4v) is 3.80. The zero-order valence-corrected chi connectivity index (χ0v) is 18.5. The molecule has 1 aromatic heterocycles. The van der Waals surface area contributed by atoms with Crippen molar-refractivity contribution in [2.75, 3.05) is 39.3 Å². The molecule has 0 unspecified atom stereocenters. The fraction of sp³-hybridized carbons (Fsp3) is 0.421. The highest BCUT2D eigenvalue weighted by molar-refractivity contribution is 7.09. The van der Waals surface area contributed by atoms with Crippen LogP contribution >= 0.6 is 36.2 Å². The summed E-state index contributed by atoms with van der Waals surface area (Å²) in [5.74, 6) is -0.370. The van der Waals surface area contributed by atoms with E-state index in [0.717, 1.165) is 24.6 Å². The monoisotopic (exact) mass is 459 g/mol. The summed E-state index contributed by atoms with van der Waals surface area (Å²) in [5.41, 5.74) is 7.12. The fourth-order valence-electron chi connectivity index (χ4n) is 3.01. The van der Waals surface area contributed by atoms with Crippen molar-refractivity contribution < 1.29 is 9.59 Å². The third kappa shape index (κ3) is 7.56. The van der Waals surface area contributed by atoms with Gasteiger partial charge in [0.1, 0.15) is 5.69 Å². The molecule has 10 heteroatoms. The lowest BCUT2D eigenvalue weighted by atomic mass is 10.2. The van der Waals surface area contributed by atoms with E-state index in [1.165, 1.54) is 16.9 Å². The van der Waals surface area contributed by atoms with Crippen molar-refractivity contribution >= 4 is 48.0 Å². The van der Waals surface area contributed by atoms with Gasteiger partial charge in [0.25, 0.3) is 5.91 Å². The lowest BCUT2D eigenvalue weighted by Gasteiger charge is -2.34. The molecule has 0 atom stereocenters. The summed E-state index contributed by atoms with van der Waals surface area (Å²) in [5, 5.41) is 5.21. The van der Waals surface area contributed by atoms with E-state index in [2.05, 4.69) is 27.3 Å². The molecule has 29 heavy (non-hydrogen) atoms. The smallest absolute Gasteiger partial charge is 0.271 e. The number of benzene rings is 1. The predicted octanol–water partition coefficient (Wildman–Crippen LogP) is 1.56. The molecule has 160 valence electrons. The molecule has 0 bridgehead atoms. The third-order valence-electron chi connectivity index (χ3n) is 4.52. The quantitative estimate of drug-likeness (QED) is 0.655. The number of aromatic nitrogens is 1. The first kappa shape index (κ1) is 25.3. The first-order chi connectivity index (χ1) is 13.2. The first-order valence-corrected chi connectivity index (χ1v) is 10.0. The zero-order valence-electron chi connectivity index (χ0n) is 16.1. The number of piperazine rings is 1. The van der Waals surface area contributed by atoms with E-state index in [1.807, 2.05) is 23.1 Å². The Kier molecular flexibility index (Phi) is 11.2. The van der Waals surface area contributed by atoms with Gasteiger partial charge in [0.2, 0.25) is 5.91 Å². The van der Waals surface area contributed by atoms with Crippen molar-refractivity contribution in [2.24, 2.45) is 5.73 Å². The van der Waals surface area contributed by atoms with Gasteiger partial charge in [-0.3, -0.25) is 14.5 Å². The van der Waals surface area contributed by atoms with Gasteiger partial charge >= 0.3 is 0 Å². The molecule has 0 radical (unpaired) electrons. The maximum Gasteiger partial charge on any atom is 0.271 e. The second kappa shape index (κ2) is 12.8. The Morgan fingerprint density at radius 3 is 2.45 bits per heavy atom. The van der Waals surface area contributed by atoms with Gasteiger partial charge in [0.15, 0.2) is 0 Å². The minimum Gasteiger partial charge on any atom is -0.342 e. The van der Waals surface area contributed by atoms with E-state index in [1.54, 1.807) is 5.38 Å². The number of carbonyl (C=O) groups is 2. The van der Waals surface area contributed by atoms with Crippen LogP contribution in [0.15, 0.2) is 35.7 Å². The molecule has 2 heterocycles. The van der Waals surface area contributed by atoms with Crippen LogP contribution in [0.4, 0.5) is 0 Å². The van der Waals surface area contributed by atoms with Crippen molar-refractivity contribution in [3.63, 3.8) is 0 Å². The molecule has 0 saturated carbocycles. The third-order valence-corrected chi connectivity index (χ3v) is 5.43. The maximum absolute atomic E-state index is 12.4. The summed E-state index contributed by atoms with van der Waals surface area (Å²) in [6.07, 6.45) is 0.657. The summed E-state index contributed by atoms with van der Waals surface area (Å²) < 4.78 is 0. The largest absolute Gasteiger partial charge is 0.342 e. The number of halogens is 2. The van der Waals surface area contributed by atoms with E-state index in [-0.39, 0.29) is 43.2 Å². The summed E-state index contributed by atoms with van der Waals surface area (Å²) in [7, 11) is 0. The Morgan fingerprint density at radius 1 is 1.10 bits per heavy atom. The van der Waals surface area contributed by atoms with Crippen molar-refractivity contribution in [2.45, 2.75) is 13.0 Å². The van der Waals surface area contributed by atoms with Gasteiger partial charge in [-0.1, -0.05) is 30.3 Å². The standard InChI is InChI=1S/C19H25N5O2S.2ClH/c20-7-6-17-22-16(14-27-17)19(26)21-12-18(25)24-10-8-23(9-11-24)13-15-4-2-1-3-5-15;;/h1-5,14H,6-13,20H2,(H,21,26);2*1H. The number of nitrogens with zero attached hydrogens (tertiary/aromatic N) is 3. The van der Waals surface area contributed by atoms with E-state index in [4.69, 9.17) is 5.73 Å². The number of rotatable bonds is 7. The maximum atomic E-state index is 12.4. The highest BCUT2D eigenvalue weighted by Gasteiger charge is 2.21. The van der Waals surface area contributed by atoms with Gasteiger partial charge in [-0.25, -0.2) is 4.98 Å². The number of hydrogen-bond donors (Lipinski definition) is 2. The van der Waals surface area contributed by atoms with Crippen LogP contribution in [0.25, 0.3) is 0 Å². The summed E-state index contributed by atoms with van der Waals surface area (Å²) >= 11 is 1.41. The molecule has 3 rings (SSSR count). The Morgan fingerprint density at radius 2 is 1.79 bits per heavy atom. The van der Waals surface area contributed by atoms with Gasteiger partial charge in [-0.05, 0) is 12.1 Å². The van der Waals surface area contributed by atoms with Crippen molar-refractivity contribution in [3.05, 3.63) is 52.0 Å². The summed E-state index contributed by atoms with van der Waals surface area (Å²) in [4.78, 5) is 32.9. The Balaban J connectivity index is 0.00000210. The van der Waals surface area contributed by atoms with Crippen LogP contribution in [-0.2, 0) is 17.8 Å². The number of thiazole rings is 1. The minimum absolute atomic E-state index is 0. The first-order valence-electron chi connectivity index (χ1n) is 9.12. The van der Waals surface area contributed by atoms with Crippen molar-refractivity contribution in [1.82, 2.24) is 20.1 Å². The average molecular weight is 460 g/mol. The van der Waals surface area contributed by atoms with Crippen LogP contribution in [0.5, 0.6) is 0 Å². The molecular weight excluding hydrogens is 433 g/mol. The molecule has 1 fully saturated rings. The predicted molar refractivity (Wildman–Crippen MR) is 120 cm³/mol. The molecule has 3 N–H and O–H groups in total. The SMILES string of the molecule is Cl.Cl.NCCc1nc(C(=O)NCC(=O)N2CCN(Cc3ccccc3)CC2)cs1. The summed E-state index contributed by atoms with van der Waals surface area (Å²) in [6.45, 7) is 4.43. The molecule has 1 saturated heterocycles. The molecule has 7 nitrogen and oxygen atoms in total. The van der Waals surface area contributed by atoms with Crippen LogP contribution < -0.4 is 11.1 Å². The van der Waals surface area contributed by atoms with Crippen molar-refractivity contribution in [3.8, 4) is 0 Å². The van der Waals surface area contributed by atoms with Crippen LogP contribution in [0.2, 0.25) is 0 Å². The topological polar surface area (TPSA) is 91.6 Å². The van der Waals surface area contributed by atoms with Gasteiger partial charge in [0, 0.05) is 44.5 Å². The van der Waals surface area contributed by atoms with E-state index in [0.29, 0.717) is 31.7 Å². The van der Waals surface area contributed by atoms with E-state index in [9.17, 15) is 9.59 Å². The Bertz CT molecular complexity index is 767. The molecule has 1 aliphatic rings. The molecule has 1 aromatic carbocycles. The van der Waals surface area contributed by atoms with Gasteiger partial charge in [-0.2, -0.15) is 0 Å². The number of nitrogens with one attached hydrogen (secondary N) is 1. The molecule has 2 aromatic rings. The number of amides is 2.